The highest BCUT2D eigenvalue weighted by Crippen LogP contribution is 2.57. The van der Waals surface area contributed by atoms with Crippen LogP contribution in [-0.4, -0.2) is 4.57 Å². The van der Waals surface area contributed by atoms with Gasteiger partial charge in [0.25, 0.3) is 0 Å². The maximum Gasteiger partial charge on any atom is 0.0713 e. The van der Waals surface area contributed by atoms with E-state index in [4.69, 9.17) is 0 Å². The predicted octanol–water partition coefficient (Wildman–Crippen LogP) is 19.5. The van der Waals surface area contributed by atoms with Crippen molar-refractivity contribution < 1.29 is 0 Å². The highest BCUT2D eigenvalue weighted by molar-refractivity contribution is 7.27. The molecule has 0 saturated heterocycles. The minimum Gasteiger partial charge on any atom is -0.309 e. The van der Waals surface area contributed by atoms with Crippen LogP contribution in [-0.2, 0) is 5.41 Å². The smallest absolute Gasteiger partial charge is 0.0713 e. The Morgan fingerprint density at radius 2 is 0.905 bits per heavy atom. The van der Waals surface area contributed by atoms with Crippen molar-refractivity contribution in [3.8, 4) is 39.1 Å². The molecule has 0 atom stereocenters. The molecule has 0 saturated carbocycles. The van der Waals surface area contributed by atoms with Gasteiger partial charge in [0, 0.05) is 43.3 Å². The van der Waals surface area contributed by atoms with Crippen LogP contribution in [0.4, 0.5) is 17.1 Å². The molecule has 14 aromatic rings. The molecule has 0 spiro atoms. The van der Waals surface area contributed by atoms with E-state index in [1.165, 1.54) is 103 Å². The molecule has 12 aromatic carbocycles. The molecule has 0 fully saturated rings. The van der Waals surface area contributed by atoms with E-state index in [1.54, 1.807) is 0 Å². The summed E-state index contributed by atoms with van der Waals surface area (Å²) in [7, 11) is 0. The van der Waals surface area contributed by atoms with E-state index in [9.17, 15) is 0 Å². The summed E-state index contributed by atoms with van der Waals surface area (Å²) in [5.74, 6) is 0. The van der Waals surface area contributed by atoms with Crippen molar-refractivity contribution in [2.45, 2.75) is 5.41 Å². The van der Waals surface area contributed by atoms with Crippen molar-refractivity contribution in [1.29, 1.82) is 0 Å². The molecule has 0 unspecified atom stereocenters. The van der Waals surface area contributed by atoms with Crippen molar-refractivity contribution >= 4 is 81.1 Å². The number of para-hydroxylation sites is 2. The summed E-state index contributed by atoms with van der Waals surface area (Å²) in [5.41, 5.74) is 18.8. The monoisotopic (exact) mass is 958 g/mol. The molecule has 3 heteroatoms. The topological polar surface area (TPSA) is 8.17 Å². The number of fused-ring (bicyclic) bond motifs is 11. The van der Waals surface area contributed by atoms with E-state index >= 15 is 0 Å². The molecule has 1 aliphatic carbocycles. The van der Waals surface area contributed by atoms with Gasteiger partial charge in [0.2, 0.25) is 0 Å². The molecule has 346 valence electrons. The first kappa shape index (κ1) is 42.4. The molecule has 1 aliphatic rings. The summed E-state index contributed by atoms with van der Waals surface area (Å²) in [5, 5.41) is 7.61. The lowest BCUT2D eigenvalue weighted by Gasteiger charge is -2.34. The molecular weight excluding hydrogens is 913 g/mol. The molecular formula is C71H46N2S. The van der Waals surface area contributed by atoms with Gasteiger partial charge in [0.15, 0.2) is 0 Å². The fourth-order valence-electron chi connectivity index (χ4n) is 12.4. The first-order valence-corrected chi connectivity index (χ1v) is 26.3. The van der Waals surface area contributed by atoms with Gasteiger partial charge in [-0.2, -0.15) is 0 Å². The zero-order valence-electron chi connectivity index (χ0n) is 40.4. The van der Waals surface area contributed by atoms with E-state index in [0.29, 0.717) is 0 Å². The predicted molar refractivity (Wildman–Crippen MR) is 314 cm³/mol. The molecule has 0 N–H and O–H groups in total. The van der Waals surface area contributed by atoms with Crippen molar-refractivity contribution in [2.24, 2.45) is 0 Å². The molecule has 0 aliphatic heterocycles. The van der Waals surface area contributed by atoms with Gasteiger partial charge in [-0.15, -0.1) is 11.3 Å². The SMILES string of the molecule is c1ccc(-n2c3ccccc3c3ccc(-c4ccc(N(c5cccc(-c6ccc7c(c6)C(c6ccccc6)(c6ccccc6)c6ccccc6-7)c5)c5cccc6c5sc5c7ccccc7ccc65)cc4)cc32)cc1. The maximum atomic E-state index is 2.48. The summed E-state index contributed by atoms with van der Waals surface area (Å²) in [4.78, 5) is 2.48. The Morgan fingerprint density at radius 1 is 0.324 bits per heavy atom. The molecule has 2 aromatic heterocycles. The fraction of sp³-hybridized carbons (Fsp3) is 0.0141. The summed E-state index contributed by atoms with van der Waals surface area (Å²) in [6, 6.07) is 103. The number of aromatic nitrogens is 1. The van der Waals surface area contributed by atoms with Crippen molar-refractivity contribution in [3.05, 3.63) is 301 Å². The lowest BCUT2D eigenvalue weighted by Crippen LogP contribution is -2.28. The Kier molecular flexibility index (Phi) is 9.70. The number of hydrogen-bond donors (Lipinski definition) is 0. The third-order valence-electron chi connectivity index (χ3n) is 15.7. The zero-order valence-corrected chi connectivity index (χ0v) is 41.2. The summed E-state index contributed by atoms with van der Waals surface area (Å²) < 4.78 is 4.98. The maximum absolute atomic E-state index is 2.48. The molecule has 2 nitrogen and oxygen atoms in total. The van der Waals surface area contributed by atoms with Gasteiger partial charge in [-0.1, -0.05) is 218 Å². The number of nitrogens with zero attached hydrogens (tertiary/aromatic N) is 2. The van der Waals surface area contributed by atoms with E-state index < -0.39 is 5.41 Å². The van der Waals surface area contributed by atoms with Crippen LogP contribution in [0.2, 0.25) is 0 Å². The van der Waals surface area contributed by atoms with E-state index in [0.717, 1.165) is 28.3 Å². The lowest BCUT2D eigenvalue weighted by molar-refractivity contribution is 0.769. The molecule has 74 heavy (non-hydrogen) atoms. The summed E-state index contributed by atoms with van der Waals surface area (Å²) in [6.07, 6.45) is 0. The normalized spacial score (nSPS) is 12.7. The molecule has 0 amide bonds. The van der Waals surface area contributed by atoms with Crippen molar-refractivity contribution in [2.75, 3.05) is 4.90 Å². The van der Waals surface area contributed by atoms with Crippen LogP contribution in [0.3, 0.4) is 0 Å². The van der Waals surface area contributed by atoms with Gasteiger partial charge < -0.3 is 9.47 Å². The minimum atomic E-state index is -0.487. The number of hydrogen-bond acceptors (Lipinski definition) is 2. The average Bonchev–Trinajstić information content (AvgIpc) is 4.18. The van der Waals surface area contributed by atoms with Crippen LogP contribution in [0.15, 0.2) is 279 Å². The molecule has 0 radical (unpaired) electrons. The number of anilines is 3. The second-order valence-electron chi connectivity index (χ2n) is 19.6. The van der Waals surface area contributed by atoms with Gasteiger partial charge in [0.1, 0.15) is 0 Å². The van der Waals surface area contributed by atoms with Crippen LogP contribution < -0.4 is 4.90 Å². The van der Waals surface area contributed by atoms with Gasteiger partial charge in [-0.25, -0.2) is 0 Å². The van der Waals surface area contributed by atoms with Gasteiger partial charge >= 0.3 is 0 Å². The van der Waals surface area contributed by atoms with E-state index in [-0.39, 0.29) is 0 Å². The largest absolute Gasteiger partial charge is 0.309 e. The zero-order chi connectivity index (χ0) is 48.7. The molecule has 15 rings (SSSR count). The van der Waals surface area contributed by atoms with Crippen LogP contribution in [0.25, 0.3) is 91.8 Å². The van der Waals surface area contributed by atoms with Gasteiger partial charge in [-0.05, 0) is 127 Å². The average molecular weight is 959 g/mol. The van der Waals surface area contributed by atoms with Gasteiger partial charge in [0.05, 0.1) is 26.8 Å². The fourth-order valence-corrected chi connectivity index (χ4v) is 13.7. The molecule has 2 heterocycles. The summed E-state index contributed by atoms with van der Waals surface area (Å²) in [6.45, 7) is 0. The highest BCUT2D eigenvalue weighted by atomic mass is 32.1. The quantitative estimate of drug-likeness (QED) is 0.147. The van der Waals surface area contributed by atoms with Crippen LogP contribution in [0, 0.1) is 0 Å². The Morgan fingerprint density at radius 3 is 1.72 bits per heavy atom. The Hall–Kier alpha value is -9.28. The minimum absolute atomic E-state index is 0.487. The number of thiophene rings is 1. The number of rotatable bonds is 8. The Balaban J connectivity index is 0.902. The molecule has 0 bridgehead atoms. The second-order valence-corrected chi connectivity index (χ2v) is 20.6. The van der Waals surface area contributed by atoms with Gasteiger partial charge in [-0.3, -0.25) is 0 Å². The van der Waals surface area contributed by atoms with E-state index in [1.807, 2.05) is 11.3 Å². The lowest BCUT2D eigenvalue weighted by atomic mass is 9.67. The first-order chi connectivity index (χ1) is 36.7. The second kappa shape index (κ2) is 16.9. The Bertz CT molecular complexity index is 4430. The van der Waals surface area contributed by atoms with Crippen molar-refractivity contribution in [1.82, 2.24) is 4.57 Å². The number of benzene rings is 12. The van der Waals surface area contributed by atoms with Crippen LogP contribution in [0.5, 0.6) is 0 Å². The first-order valence-electron chi connectivity index (χ1n) is 25.5. The Labute approximate surface area is 433 Å². The van der Waals surface area contributed by atoms with E-state index in [2.05, 4.69) is 289 Å². The third kappa shape index (κ3) is 6.43. The van der Waals surface area contributed by atoms with Crippen LogP contribution in [0.1, 0.15) is 22.3 Å². The highest BCUT2D eigenvalue weighted by Gasteiger charge is 2.46. The van der Waals surface area contributed by atoms with Crippen molar-refractivity contribution in [3.63, 3.8) is 0 Å². The standard InChI is InChI=1S/C71H46N2S/c1-4-20-52(21-5-1)71(53-22-6-2-7-23-53)64-31-14-12-28-58(64)59-41-37-50(45-65(59)71)49-19-16-26-56(44-49)72(67-33-17-30-62-63-43-36-48-18-10-11-27-57(48)69(63)74-70(62)67)55-39-34-47(35-40-55)51-38-42-61-60-29-13-15-32-66(60)73(68(61)46-51)54-24-8-3-9-25-54/h1-46H. The summed E-state index contributed by atoms with van der Waals surface area (Å²) >= 11 is 1.90. The van der Waals surface area contributed by atoms with Crippen LogP contribution >= 0.6 is 11.3 Å². The third-order valence-corrected chi connectivity index (χ3v) is 16.9.